The van der Waals surface area contributed by atoms with E-state index in [4.69, 9.17) is 4.74 Å². The predicted octanol–water partition coefficient (Wildman–Crippen LogP) is 2.83. The van der Waals surface area contributed by atoms with Gasteiger partial charge in [-0.25, -0.2) is 0 Å². The van der Waals surface area contributed by atoms with Crippen molar-refractivity contribution in [3.05, 3.63) is 23.8 Å². The Balaban J connectivity index is 2.08. The van der Waals surface area contributed by atoms with Crippen molar-refractivity contribution in [1.82, 2.24) is 5.32 Å². The number of benzene rings is 1. The van der Waals surface area contributed by atoms with Crippen LogP contribution >= 0.6 is 0 Å². The van der Waals surface area contributed by atoms with E-state index in [1.54, 1.807) is 7.11 Å². The second-order valence-electron chi connectivity index (χ2n) is 5.88. The molecule has 3 heteroatoms. The monoisotopic (exact) mass is 262 g/mol. The lowest BCUT2D eigenvalue weighted by Crippen LogP contribution is -2.51. The third kappa shape index (κ3) is 3.63. The van der Waals surface area contributed by atoms with Gasteiger partial charge in [-0.1, -0.05) is 13.8 Å². The highest BCUT2D eigenvalue weighted by molar-refractivity contribution is 5.56. The number of nitrogens with zero attached hydrogens (tertiary/aromatic N) is 1. The lowest BCUT2D eigenvalue weighted by molar-refractivity contribution is 0.387. The molecule has 0 aliphatic carbocycles. The Morgan fingerprint density at radius 2 is 2.21 bits per heavy atom. The average Bonchev–Trinajstić information content (AvgIpc) is 2.38. The van der Waals surface area contributed by atoms with E-state index in [1.807, 2.05) is 0 Å². The molecule has 0 aromatic heterocycles. The zero-order valence-electron chi connectivity index (χ0n) is 12.6. The van der Waals surface area contributed by atoms with Gasteiger partial charge in [0.05, 0.1) is 7.11 Å². The number of piperazine rings is 1. The summed E-state index contributed by atoms with van der Waals surface area (Å²) in [4.78, 5) is 2.50. The van der Waals surface area contributed by atoms with E-state index < -0.39 is 0 Å². The second-order valence-corrected chi connectivity index (χ2v) is 5.88. The molecule has 1 aromatic rings. The quantitative estimate of drug-likeness (QED) is 0.903. The molecule has 0 saturated carbocycles. The summed E-state index contributed by atoms with van der Waals surface area (Å²) in [6.45, 7) is 10.0. The maximum Gasteiger partial charge on any atom is 0.119 e. The summed E-state index contributed by atoms with van der Waals surface area (Å²) in [6.07, 6.45) is 1.24. The molecule has 1 saturated heterocycles. The first-order valence-corrected chi connectivity index (χ1v) is 7.23. The first-order valence-electron chi connectivity index (χ1n) is 7.23. The molecule has 1 heterocycles. The molecule has 1 aromatic carbocycles. The molecule has 3 nitrogen and oxygen atoms in total. The van der Waals surface area contributed by atoms with Crippen molar-refractivity contribution in [2.24, 2.45) is 5.92 Å². The van der Waals surface area contributed by atoms with Crippen LogP contribution in [-0.2, 0) is 0 Å². The predicted molar refractivity (Wildman–Crippen MR) is 81.2 cm³/mol. The van der Waals surface area contributed by atoms with Gasteiger partial charge in [0.1, 0.15) is 5.75 Å². The van der Waals surface area contributed by atoms with Crippen LogP contribution in [-0.4, -0.2) is 32.8 Å². The van der Waals surface area contributed by atoms with Crippen LogP contribution in [0.15, 0.2) is 18.2 Å². The molecular weight excluding hydrogens is 236 g/mol. The van der Waals surface area contributed by atoms with Crippen molar-refractivity contribution >= 4 is 5.69 Å². The van der Waals surface area contributed by atoms with E-state index in [2.05, 4.69) is 49.2 Å². The largest absolute Gasteiger partial charge is 0.497 e. The fraction of sp³-hybridized carbons (Fsp3) is 0.625. The second kappa shape index (κ2) is 6.29. The Hall–Kier alpha value is -1.22. The van der Waals surface area contributed by atoms with Gasteiger partial charge >= 0.3 is 0 Å². The molecule has 1 atom stereocenters. The summed E-state index contributed by atoms with van der Waals surface area (Å²) in [5.74, 6) is 1.68. The normalized spacial score (nSPS) is 19.8. The van der Waals surface area contributed by atoms with E-state index in [1.165, 1.54) is 17.7 Å². The van der Waals surface area contributed by atoms with Crippen molar-refractivity contribution in [1.29, 1.82) is 0 Å². The molecule has 1 N–H and O–H groups in total. The Morgan fingerprint density at radius 1 is 1.42 bits per heavy atom. The molecule has 0 bridgehead atoms. The van der Waals surface area contributed by atoms with Crippen molar-refractivity contribution in [2.75, 3.05) is 31.6 Å². The summed E-state index contributed by atoms with van der Waals surface area (Å²) < 4.78 is 5.28. The SMILES string of the molecule is COc1ccc(N2CCNC(CC(C)C)C2)c(C)c1. The van der Waals surface area contributed by atoms with Gasteiger partial charge in [-0.15, -0.1) is 0 Å². The topological polar surface area (TPSA) is 24.5 Å². The Kier molecular flexibility index (Phi) is 4.70. The van der Waals surface area contributed by atoms with E-state index in [0.717, 1.165) is 31.3 Å². The molecule has 106 valence electrons. The van der Waals surface area contributed by atoms with E-state index >= 15 is 0 Å². The lowest BCUT2D eigenvalue weighted by Gasteiger charge is -2.37. The highest BCUT2D eigenvalue weighted by atomic mass is 16.5. The number of rotatable bonds is 4. The Bertz CT molecular complexity index is 417. The highest BCUT2D eigenvalue weighted by Gasteiger charge is 2.21. The van der Waals surface area contributed by atoms with Crippen LogP contribution in [0.1, 0.15) is 25.8 Å². The minimum absolute atomic E-state index is 0.607. The van der Waals surface area contributed by atoms with Gasteiger partial charge in [0.15, 0.2) is 0 Å². The van der Waals surface area contributed by atoms with Crippen LogP contribution in [0.4, 0.5) is 5.69 Å². The first kappa shape index (κ1) is 14.2. The number of ether oxygens (including phenoxy) is 1. The van der Waals surface area contributed by atoms with Gasteiger partial charge in [-0.05, 0) is 43.0 Å². The third-order valence-corrected chi connectivity index (χ3v) is 3.76. The van der Waals surface area contributed by atoms with Crippen molar-refractivity contribution < 1.29 is 4.74 Å². The molecule has 0 amide bonds. The molecule has 1 fully saturated rings. The molecule has 1 aliphatic heterocycles. The summed E-state index contributed by atoms with van der Waals surface area (Å²) in [5.41, 5.74) is 2.64. The van der Waals surface area contributed by atoms with E-state index in [9.17, 15) is 0 Å². The number of aryl methyl sites for hydroxylation is 1. The van der Waals surface area contributed by atoms with Gasteiger partial charge in [-0.3, -0.25) is 0 Å². The van der Waals surface area contributed by atoms with Crippen LogP contribution in [0, 0.1) is 12.8 Å². The van der Waals surface area contributed by atoms with Crippen LogP contribution in [0.5, 0.6) is 5.75 Å². The molecule has 0 radical (unpaired) electrons. The van der Waals surface area contributed by atoms with Crippen LogP contribution < -0.4 is 15.0 Å². The maximum absolute atomic E-state index is 5.28. The fourth-order valence-electron chi connectivity index (χ4n) is 2.88. The van der Waals surface area contributed by atoms with Crippen LogP contribution in [0.3, 0.4) is 0 Å². The first-order chi connectivity index (χ1) is 9.10. The molecule has 1 unspecified atom stereocenters. The van der Waals surface area contributed by atoms with Crippen LogP contribution in [0.2, 0.25) is 0 Å². The maximum atomic E-state index is 5.28. The molecule has 0 spiro atoms. The Morgan fingerprint density at radius 3 is 2.84 bits per heavy atom. The summed E-state index contributed by atoms with van der Waals surface area (Å²) in [6, 6.07) is 6.97. The summed E-state index contributed by atoms with van der Waals surface area (Å²) >= 11 is 0. The third-order valence-electron chi connectivity index (χ3n) is 3.76. The number of hydrogen-bond donors (Lipinski definition) is 1. The lowest BCUT2D eigenvalue weighted by atomic mass is 10.0. The van der Waals surface area contributed by atoms with Gasteiger partial charge in [0.2, 0.25) is 0 Å². The minimum Gasteiger partial charge on any atom is -0.497 e. The van der Waals surface area contributed by atoms with Crippen molar-refractivity contribution in [2.45, 2.75) is 33.2 Å². The molecule has 19 heavy (non-hydrogen) atoms. The molecular formula is C16H26N2O. The minimum atomic E-state index is 0.607. The Labute approximate surface area is 116 Å². The van der Waals surface area contributed by atoms with Crippen LogP contribution in [0.25, 0.3) is 0 Å². The fourth-order valence-corrected chi connectivity index (χ4v) is 2.88. The van der Waals surface area contributed by atoms with Gasteiger partial charge in [0, 0.05) is 31.4 Å². The zero-order chi connectivity index (χ0) is 13.8. The zero-order valence-corrected chi connectivity index (χ0v) is 12.6. The highest BCUT2D eigenvalue weighted by Crippen LogP contribution is 2.26. The number of hydrogen-bond acceptors (Lipinski definition) is 3. The standard InChI is InChI=1S/C16H26N2O/c1-12(2)9-14-11-18(8-7-17-14)16-6-5-15(19-4)10-13(16)3/h5-6,10,12,14,17H,7-9,11H2,1-4H3. The summed E-state index contributed by atoms with van der Waals surface area (Å²) in [5, 5.41) is 3.63. The molecule has 1 aliphatic rings. The number of anilines is 1. The van der Waals surface area contributed by atoms with Gasteiger partial charge in [0.25, 0.3) is 0 Å². The summed E-state index contributed by atoms with van der Waals surface area (Å²) in [7, 11) is 1.72. The van der Waals surface area contributed by atoms with Gasteiger partial charge in [-0.2, -0.15) is 0 Å². The van der Waals surface area contributed by atoms with E-state index in [0.29, 0.717) is 6.04 Å². The number of nitrogens with one attached hydrogen (secondary N) is 1. The van der Waals surface area contributed by atoms with E-state index in [-0.39, 0.29) is 0 Å². The van der Waals surface area contributed by atoms with Crippen molar-refractivity contribution in [3.8, 4) is 5.75 Å². The molecule has 2 rings (SSSR count). The smallest absolute Gasteiger partial charge is 0.119 e. The number of methoxy groups -OCH3 is 1. The average molecular weight is 262 g/mol. The van der Waals surface area contributed by atoms with Crippen molar-refractivity contribution in [3.63, 3.8) is 0 Å². The van der Waals surface area contributed by atoms with Gasteiger partial charge < -0.3 is 15.0 Å².